The summed E-state index contributed by atoms with van der Waals surface area (Å²) in [5.41, 5.74) is 2.40. The second-order valence-electron chi connectivity index (χ2n) is 6.48. The van der Waals surface area contributed by atoms with E-state index in [2.05, 4.69) is 44.4 Å². The number of nitrogens with one attached hydrogen (secondary N) is 1. The third-order valence-electron chi connectivity index (χ3n) is 4.53. The highest BCUT2D eigenvalue weighted by atomic mass is 16.5. The monoisotopic (exact) mass is 346 g/mol. The minimum absolute atomic E-state index is 0.0212. The lowest BCUT2D eigenvalue weighted by Gasteiger charge is -2.33. The van der Waals surface area contributed by atoms with Crippen LogP contribution in [0.2, 0.25) is 0 Å². The Morgan fingerprint density at radius 1 is 1.28 bits per heavy atom. The van der Waals surface area contributed by atoms with Gasteiger partial charge >= 0.3 is 5.97 Å². The normalized spacial score (nSPS) is 15.8. The summed E-state index contributed by atoms with van der Waals surface area (Å²) >= 11 is 0. The van der Waals surface area contributed by atoms with Gasteiger partial charge in [0.25, 0.3) is 0 Å². The zero-order valence-corrected chi connectivity index (χ0v) is 15.8. The average molecular weight is 346 g/mol. The number of esters is 1. The number of rotatable bonds is 5. The van der Waals surface area contributed by atoms with Crippen molar-refractivity contribution in [2.75, 3.05) is 45.7 Å². The average Bonchev–Trinajstić information content (AvgIpc) is 2.63. The van der Waals surface area contributed by atoms with Crippen molar-refractivity contribution < 1.29 is 9.53 Å². The summed E-state index contributed by atoms with van der Waals surface area (Å²) < 4.78 is 5.13. The molecule has 138 valence electrons. The molecule has 6 nitrogen and oxygen atoms in total. The minimum Gasteiger partial charge on any atom is -0.466 e. The number of benzene rings is 1. The maximum absolute atomic E-state index is 11.8. The Bertz CT molecular complexity index is 576. The highest BCUT2D eigenvalue weighted by molar-refractivity contribution is 5.80. The van der Waals surface area contributed by atoms with E-state index in [1.54, 1.807) is 7.05 Å². The standard InChI is InChI=1S/C19H30N4O2/c1-5-25-18(24)16-10-12-23(13-11-16)19(20-2)21-14-15-6-8-17(9-7-15)22(3)4/h6-9,16H,5,10-14H2,1-4H3,(H,20,21). The van der Waals surface area contributed by atoms with Crippen LogP contribution in [0, 0.1) is 5.92 Å². The van der Waals surface area contributed by atoms with E-state index < -0.39 is 0 Å². The van der Waals surface area contributed by atoms with Gasteiger partial charge in [0.2, 0.25) is 0 Å². The summed E-state index contributed by atoms with van der Waals surface area (Å²) in [6.07, 6.45) is 1.63. The first-order chi connectivity index (χ1) is 12.0. The second kappa shape index (κ2) is 9.30. The van der Waals surface area contributed by atoms with Gasteiger partial charge in [0.1, 0.15) is 0 Å². The maximum Gasteiger partial charge on any atom is 0.309 e. The van der Waals surface area contributed by atoms with Crippen molar-refractivity contribution in [3.8, 4) is 0 Å². The van der Waals surface area contributed by atoms with Crippen LogP contribution in [0.15, 0.2) is 29.3 Å². The number of piperidine rings is 1. The first kappa shape index (κ1) is 19.1. The number of ether oxygens (including phenoxy) is 1. The van der Waals surface area contributed by atoms with Gasteiger partial charge in [0.15, 0.2) is 5.96 Å². The minimum atomic E-state index is -0.0638. The van der Waals surface area contributed by atoms with Gasteiger partial charge < -0.3 is 19.9 Å². The molecule has 6 heteroatoms. The molecular weight excluding hydrogens is 316 g/mol. The molecule has 0 aliphatic carbocycles. The highest BCUT2D eigenvalue weighted by Crippen LogP contribution is 2.19. The third-order valence-corrected chi connectivity index (χ3v) is 4.53. The van der Waals surface area contributed by atoms with E-state index in [4.69, 9.17) is 4.74 Å². The van der Waals surface area contributed by atoms with E-state index in [0.29, 0.717) is 6.61 Å². The Morgan fingerprint density at radius 2 is 1.92 bits per heavy atom. The Labute approximate surface area is 150 Å². The number of hydrogen-bond acceptors (Lipinski definition) is 4. The molecule has 1 aliphatic rings. The molecule has 1 N–H and O–H groups in total. The molecule has 0 unspecified atom stereocenters. The predicted octanol–water partition coefficient (Wildman–Crippen LogP) is 2.10. The van der Waals surface area contributed by atoms with Crippen molar-refractivity contribution in [2.24, 2.45) is 10.9 Å². The smallest absolute Gasteiger partial charge is 0.309 e. The number of nitrogens with zero attached hydrogens (tertiary/aromatic N) is 3. The number of aliphatic imine (C=N–C) groups is 1. The summed E-state index contributed by atoms with van der Waals surface area (Å²) in [6, 6.07) is 8.49. The maximum atomic E-state index is 11.8. The Morgan fingerprint density at radius 3 is 2.44 bits per heavy atom. The van der Waals surface area contributed by atoms with E-state index in [1.165, 1.54) is 11.3 Å². The van der Waals surface area contributed by atoms with Crippen molar-refractivity contribution in [3.05, 3.63) is 29.8 Å². The van der Waals surface area contributed by atoms with E-state index >= 15 is 0 Å². The first-order valence-electron chi connectivity index (χ1n) is 8.93. The van der Waals surface area contributed by atoms with Crippen LogP contribution in [-0.4, -0.2) is 57.7 Å². The van der Waals surface area contributed by atoms with Gasteiger partial charge in [0.05, 0.1) is 12.5 Å². The number of carbonyl (C=O) groups excluding carboxylic acids is 1. The Kier molecular flexibility index (Phi) is 7.10. The van der Waals surface area contributed by atoms with Crippen molar-refractivity contribution in [3.63, 3.8) is 0 Å². The molecule has 1 aromatic carbocycles. The van der Waals surface area contributed by atoms with Crippen LogP contribution in [0.1, 0.15) is 25.3 Å². The van der Waals surface area contributed by atoms with Crippen LogP contribution in [0.4, 0.5) is 5.69 Å². The predicted molar refractivity (Wildman–Crippen MR) is 102 cm³/mol. The van der Waals surface area contributed by atoms with Gasteiger partial charge in [-0.1, -0.05) is 12.1 Å². The molecule has 1 saturated heterocycles. The van der Waals surface area contributed by atoms with E-state index in [1.807, 2.05) is 21.0 Å². The molecule has 0 aromatic heterocycles. The summed E-state index contributed by atoms with van der Waals surface area (Å²) in [5, 5.41) is 3.42. The molecule has 0 amide bonds. The topological polar surface area (TPSA) is 57.2 Å². The molecule has 2 rings (SSSR count). The lowest BCUT2D eigenvalue weighted by atomic mass is 9.97. The first-order valence-corrected chi connectivity index (χ1v) is 8.93. The summed E-state index contributed by atoms with van der Waals surface area (Å²) in [7, 11) is 5.87. The molecule has 0 radical (unpaired) electrons. The summed E-state index contributed by atoms with van der Waals surface area (Å²) in [4.78, 5) is 20.5. The quantitative estimate of drug-likeness (QED) is 0.503. The molecule has 1 heterocycles. The molecule has 1 fully saturated rings. The van der Waals surface area contributed by atoms with Crippen LogP contribution in [0.25, 0.3) is 0 Å². The van der Waals surface area contributed by atoms with Crippen LogP contribution >= 0.6 is 0 Å². The number of carbonyl (C=O) groups is 1. The van der Waals surface area contributed by atoms with Gasteiger partial charge in [-0.25, -0.2) is 0 Å². The lowest BCUT2D eigenvalue weighted by molar-refractivity contribution is -0.149. The zero-order chi connectivity index (χ0) is 18.2. The SMILES string of the molecule is CCOC(=O)C1CCN(C(=NC)NCc2ccc(N(C)C)cc2)CC1. The van der Waals surface area contributed by atoms with E-state index in [0.717, 1.165) is 38.4 Å². The van der Waals surface area contributed by atoms with Crippen molar-refractivity contribution in [2.45, 2.75) is 26.3 Å². The number of guanidine groups is 1. The third kappa shape index (κ3) is 5.37. The molecular formula is C19H30N4O2. The van der Waals surface area contributed by atoms with Crippen molar-refractivity contribution in [1.82, 2.24) is 10.2 Å². The van der Waals surface area contributed by atoms with Crippen LogP contribution < -0.4 is 10.2 Å². The molecule has 0 bridgehead atoms. The lowest BCUT2D eigenvalue weighted by Crippen LogP contribution is -2.46. The van der Waals surface area contributed by atoms with E-state index in [-0.39, 0.29) is 11.9 Å². The van der Waals surface area contributed by atoms with Gasteiger partial charge in [-0.15, -0.1) is 0 Å². The van der Waals surface area contributed by atoms with Crippen LogP contribution in [-0.2, 0) is 16.1 Å². The zero-order valence-electron chi connectivity index (χ0n) is 15.8. The second-order valence-corrected chi connectivity index (χ2v) is 6.48. The Balaban J connectivity index is 1.84. The van der Waals surface area contributed by atoms with Gasteiger partial charge in [-0.2, -0.15) is 0 Å². The largest absolute Gasteiger partial charge is 0.466 e. The fraction of sp³-hybridized carbons (Fsp3) is 0.579. The fourth-order valence-electron chi connectivity index (χ4n) is 3.01. The number of likely N-dealkylation sites (tertiary alicyclic amines) is 1. The van der Waals surface area contributed by atoms with Gasteiger partial charge in [-0.05, 0) is 37.5 Å². The fourth-order valence-corrected chi connectivity index (χ4v) is 3.01. The molecule has 0 saturated carbocycles. The molecule has 0 atom stereocenters. The summed E-state index contributed by atoms with van der Waals surface area (Å²) in [6.45, 7) is 4.68. The van der Waals surface area contributed by atoms with Gasteiger partial charge in [0, 0.05) is 46.5 Å². The number of hydrogen-bond donors (Lipinski definition) is 1. The van der Waals surface area contributed by atoms with E-state index in [9.17, 15) is 4.79 Å². The molecule has 0 spiro atoms. The highest BCUT2D eigenvalue weighted by Gasteiger charge is 2.27. The van der Waals surface area contributed by atoms with Crippen molar-refractivity contribution >= 4 is 17.6 Å². The summed E-state index contributed by atoms with van der Waals surface area (Å²) in [5.74, 6) is 0.845. The van der Waals surface area contributed by atoms with Crippen molar-refractivity contribution in [1.29, 1.82) is 0 Å². The molecule has 1 aliphatic heterocycles. The number of anilines is 1. The van der Waals surface area contributed by atoms with Crippen LogP contribution in [0.3, 0.4) is 0 Å². The van der Waals surface area contributed by atoms with Crippen LogP contribution in [0.5, 0.6) is 0 Å². The molecule has 1 aromatic rings. The van der Waals surface area contributed by atoms with Gasteiger partial charge in [-0.3, -0.25) is 9.79 Å². The Hall–Kier alpha value is -2.24. The molecule has 25 heavy (non-hydrogen) atoms.